The molecular formula is C16H17Br2N2O2S-. The lowest BCUT2D eigenvalue weighted by atomic mass is 9.94. The molecule has 23 heavy (non-hydrogen) atoms. The molecule has 4 nitrogen and oxygen atoms in total. The highest BCUT2D eigenvalue weighted by Gasteiger charge is 2.38. The standard InChI is InChI=1S/C16H17BrN2O2S.BrH/c1-3-21-15(20)13-10(2)18-16-19(8-9-22-16)14(13)11-4-6-12(17)7-5-11;/h4-7,14H,3,8-9H2,1-2H3;1H/p-1. The van der Waals surface area contributed by atoms with Crippen LogP contribution in [0.15, 0.2) is 45.0 Å². The number of benzene rings is 1. The fourth-order valence-corrected chi connectivity index (χ4v) is 4.07. The van der Waals surface area contributed by atoms with Gasteiger partial charge in [-0.3, -0.25) is 0 Å². The van der Waals surface area contributed by atoms with Crippen LogP contribution in [0.3, 0.4) is 0 Å². The molecule has 1 saturated heterocycles. The van der Waals surface area contributed by atoms with Crippen LogP contribution in [0.1, 0.15) is 25.5 Å². The van der Waals surface area contributed by atoms with Crippen molar-refractivity contribution in [3.05, 3.63) is 45.6 Å². The second-order valence-electron chi connectivity index (χ2n) is 5.11. The Labute approximate surface area is 159 Å². The Morgan fingerprint density at radius 3 is 2.78 bits per heavy atom. The maximum atomic E-state index is 12.5. The Morgan fingerprint density at radius 1 is 1.43 bits per heavy atom. The van der Waals surface area contributed by atoms with E-state index in [1.54, 1.807) is 11.8 Å². The number of hydrogen-bond donors (Lipinski definition) is 0. The van der Waals surface area contributed by atoms with E-state index in [1.807, 2.05) is 38.1 Å². The summed E-state index contributed by atoms with van der Waals surface area (Å²) in [5, 5.41) is 0.999. The topological polar surface area (TPSA) is 41.9 Å². The number of ether oxygens (including phenoxy) is 1. The number of amidine groups is 1. The highest BCUT2D eigenvalue weighted by atomic mass is 79.9. The van der Waals surface area contributed by atoms with Gasteiger partial charge in [0.1, 0.15) is 0 Å². The molecule has 0 N–H and O–H groups in total. The quantitative estimate of drug-likeness (QED) is 0.624. The van der Waals surface area contributed by atoms with Gasteiger partial charge >= 0.3 is 5.97 Å². The van der Waals surface area contributed by atoms with Crippen molar-refractivity contribution in [3.63, 3.8) is 0 Å². The van der Waals surface area contributed by atoms with Crippen molar-refractivity contribution in [1.82, 2.24) is 4.90 Å². The third-order valence-corrected chi connectivity index (χ3v) is 5.23. The van der Waals surface area contributed by atoms with Crippen molar-refractivity contribution >= 4 is 38.8 Å². The number of rotatable bonds is 3. The van der Waals surface area contributed by atoms with Crippen LogP contribution in [0, 0.1) is 0 Å². The summed E-state index contributed by atoms with van der Waals surface area (Å²) in [4.78, 5) is 19.3. The van der Waals surface area contributed by atoms with E-state index in [4.69, 9.17) is 4.74 Å². The molecule has 1 fully saturated rings. The van der Waals surface area contributed by atoms with Crippen LogP contribution in [0.2, 0.25) is 0 Å². The lowest BCUT2D eigenvalue weighted by Crippen LogP contribution is -3.00. The van der Waals surface area contributed by atoms with Crippen LogP contribution in [-0.4, -0.2) is 34.9 Å². The van der Waals surface area contributed by atoms with E-state index in [-0.39, 0.29) is 29.0 Å². The van der Waals surface area contributed by atoms with Crippen LogP contribution in [-0.2, 0) is 9.53 Å². The summed E-state index contributed by atoms with van der Waals surface area (Å²) in [5.41, 5.74) is 2.49. The predicted molar refractivity (Wildman–Crippen MR) is 92.8 cm³/mol. The number of nitrogens with zero attached hydrogens (tertiary/aromatic N) is 2. The lowest BCUT2D eigenvalue weighted by molar-refractivity contribution is -0.139. The van der Waals surface area contributed by atoms with Gasteiger partial charge in [-0.2, -0.15) is 0 Å². The number of hydrogen-bond acceptors (Lipinski definition) is 5. The third-order valence-electron chi connectivity index (χ3n) is 3.73. The van der Waals surface area contributed by atoms with Gasteiger partial charge in [-0.25, -0.2) is 9.79 Å². The Kier molecular flexibility index (Phi) is 6.33. The molecule has 0 aromatic heterocycles. The fraction of sp³-hybridized carbons (Fsp3) is 0.375. The van der Waals surface area contributed by atoms with Gasteiger partial charge in [-0.15, -0.1) is 0 Å². The molecular weight excluding hydrogens is 444 g/mol. The first-order valence-corrected chi connectivity index (χ1v) is 9.01. The van der Waals surface area contributed by atoms with Gasteiger partial charge in [-0.05, 0) is 31.5 Å². The van der Waals surface area contributed by atoms with Crippen LogP contribution < -0.4 is 17.0 Å². The molecule has 1 atom stereocenters. The van der Waals surface area contributed by atoms with Crippen molar-refractivity contribution in [2.75, 3.05) is 18.9 Å². The van der Waals surface area contributed by atoms with Gasteiger partial charge in [0.15, 0.2) is 5.17 Å². The Balaban J connectivity index is 0.00000192. The predicted octanol–water partition coefficient (Wildman–Crippen LogP) is 0.750. The van der Waals surface area contributed by atoms with E-state index < -0.39 is 0 Å². The summed E-state index contributed by atoms with van der Waals surface area (Å²) in [6, 6.07) is 7.99. The number of thioether (sulfide) groups is 1. The van der Waals surface area contributed by atoms with Gasteiger partial charge < -0.3 is 26.6 Å². The van der Waals surface area contributed by atoms with E-state index in [0.29, 0.717) is 12.2 Å². The van der Waals surface area contributed by atoms with Crippen molar-refractivity contribution in [1.29, 1.82) is 0 Å². The zero-order chi connectivity index (χ0) is 15.7. The van der Waals surface area contributed by atoms with Crippen LogP contribution in [0.4, 0.5) is 0 Å². The SMILES string of the molecule is CCOC(=O)C1=C(C)N=C2SCCN2C1c1ccc(Br)cc1.[Br-]. The number of carbonyl (C=O) groups excluding carboxylic acids is 1. The number of esters is 1. The van der Waals surface area contributed by atoms with Crippen LogP contribution in [0.25, 0.3) is 0 Å². The average Bonchev–Trinajstić information content (AvgIpc) is 2.94. The van der Waals surface area contributed by atoms with Crippen LogP contribution >= 0.6 is 27.7 Å². The van der Waals surface area contributed by atoms with Crippen molar-refractivity contribution in [2.24, 2.45) is 4.99 Å². The van der Waals surface area contributed by atoms with E-state index in [2.05, 4.69) is 25.8 Å². The Morgan fingerprint density at radius 2 is 2.13 bits per heavy atom. The molecule has 2 heterocycles. The molecule has 124 valence electrons. The number of fused-ring (bicyclic) bond motifs is 1. The van der Waals surface area contributed by atoms with E-state index in [1.165, 1.54) is 0 Å². The molecule has 2 aliphatic heterocycles. The molecule has 1 aromatic carbocycles. The summed E-state index contributed by atoms with van der Waals surface area (Å²) < 4.78 is 6.29. The minimum atomic E-state index is -0.271. The first kappa shape index (κ1) is 18.5. The molecule has 0 bridgehead atoms. The summed E-state index contributed by atoms with van der Waals surface area (Å²) in [6.45, 7) is 4.97. The minimum absolute atomic E-state index is 0. The van der Waals surface area contributed by atoms with E-state index in [0.717, 1.165) is 33.2 Å². The van der Waals surface area contributed by atoms with Crippen molar-refractivity contribution in [2.45, 2.75) is 19.9 Å². The molecule has 7 heteroatoms. The zero-order valence-corrected chi connectivity index (χ0v) is 16.9. The summed E-state index contributed by atoms with van der Waals surface area (Å²) >= 11 is 5.20. The molecule has 1 aromatic rings. The highest BCUT2D eigenvalue weighted by Crippen LogP contribution is 2.40. The molecule has 2 aliphatic rings. The van der Waals surface area contributed by atoms with Crippen LogP contribution in [0.5, 0.6) is 0 Å². The lowest BCUT2D eigenvalue weighted by Gasteiger charge is -2.34. The largest absolute Gasteiger partial charge is 1.00 e. The number of halogens is 2. The number of carbonyl (C=O) groups is 1. The maximum absolute atomic E-state index is 12.5. The normalized spacial score (nSPS) is 19.9. The van der Waals surface area contributed by atoms with E-state index >= 15 is 0 Å². The van der Waals surface area contributed by atoms with Gasteiger partial charge in [0.25, 0.3) is 0 Å². The van der Waals surface area contributed by atoms with Crippen molar-refractivity contribution < 1.29 is 26.5 Å². The molecule has 3 rings (SSSR count). The summed E-state index contributed by atoms with van der Waals surface area (Å²) in [6.07, 6.45) is 0. The highest BCUT2D eigenvalue weighted by molar-refractivity contribution is 9.10. The van der Waals surface area contributed by atoms with Gasteiger partial charge in [-0.1, -0.05) is 39.8 Å². The molecule has 0 spiro atoms. The first-order valence-electron chi connectivity index (χ1n) is 7.23. The Hall–Kier alpha value is -0.790. The zero-order valence-electron chi connectivity index (χ0n) is 12.9. The monoisotopic (exact) mass is 459 g/mol. The van der Waals surface area contributed by atoms with Gasteiger partial charge in [0.05, 0.1) is 23.9 Å². The molecule has 1 unspecified atom stereocenters. The van der Waals surface area contributed by atoms with E-state index in [9.17, 15) is 4.79 Å². The maximum Gasteiger partial charge on any atom is 0.338 e. The molecule has 0 radical (unpaired) electrons. The smallest absolute Gasteiger partial charge is 0.338 e. The van der Waals surface area contributed by atoms with Gasteiger partial charge in [0, 0.05) is 16.8 Å². The summed E-state index contributed by atoms with van der Waals surface area (Å²) in [7, 11) is 0. The van der Waals surface area contributed by atoms with Crippen molar-refractivity contribution in [3.8, 4) is 0 Å². The summed E-state index contributed by atoms with van der Waals surface area (Å²) in [5.74, 6) is 0.725. The average molecular weight is 461 g/mol. The Bertz CT molecular complexity index is 659. The number of allylic oxidation sites excluding steroid dienone is 1. The fourth-order valence-electron chi connectivity index (χ4n) is 2.77. The van der Waals surface area contributed by atoms with Gasteiger partial charge in [0.2, 0.25) is 0 Å². The third kappa shape index (κ3) is 3.67. The molecule has 0 aliphatic carbocycles. The first-order chi connectivity index (χ1) is 10.6. The second kappa shape index (κ2) is 7.85. The molecule has 0 saturated carbocycles. The minimum Gasteiger partial charge on any atom is -1.00 e. The second-order valence-corrected chi connectivity index (χ2v) is 7.09. The number of aliphatic imine (C=N–C) groups is 1. The molecule has 0 amide bonds.